The molecule has 0 radical (unpaired) electrons. The summed E-state index contributed by atoms with van der Waals surface area (Å²) in [5.41, 5.74) is -7.67. The van der Waals surface area contributed by atoms with Crippen molar-refractivity contribution in [2.45, 2.75) is 49.6 Å². The van der Waals surface area contributed by atoms with E-state index in [-0.39, 0.29) is 40.4 Å². The average molecular weight is 608 g/mol. The number of phenolic OH excluding ortho intramolecular Hbond substituents is 1. The fourth-order valence-corrected chi connectivity index (χ4v) is 6.58. The molecular weight excluding hydrogens is 582 g/mol. The first-order chi connectivity index (χ1) is 20.7. The number of ether oxygens (including phenoxy) is 1. The number of aryl methyl sites for hydroxylation is 1. The van der Waals surface area contributed by atoms with Gasteiger partial charge in [-0.2, -0.15) is 0 Å². The maximum Gasteiger partial charge on any atom is 0.259 e. The normalized spacial score (nSPS) is 20.2. The molecule has 4 aliphatic rings. The number of hydrogen-bond acceptors (Lipinski definition) is 13. The molecule has 6 rings (SSSR count). The summed E-state index contributed by atoms with van der Waals surface area (Å²) in [6, 6.07) is 3.38. The van der Waals surface area contributed by atoms with Gasteiger partial charge < -0.3 is 45.5 Å². The Labute approximate surface area is 243 Å². The van der Waals surface area contributed by atoms with Gasteiger partial charge in [-0.15, -0.1) is 0 Å². The van der Waals surface area contributed by atoms with Gasteiger partial charge in [0.2, 0.25) is 16.3 Å². The van der Waals surface area contributed by atoms with Crippen LogP contribution in [-0.4, -0.2) is 66.2 Å². The number of aromatic hydroxyl groups is 1. The number of benzene rings is 1. The third-order valence-electron chi connectivity index (χ3n) is 8.76. The van der Waals surface area contributed by atoms with E-state index in [1.165, 1.54) is 19.1 Å². The van der Waals surface area contributed by atoms with Gasteiger partial charge in [-0.25, -0.2) is 0 Å². The molecule has 0 saturated carbocycles. The van der Waals surface area contributed by atoms with Crippen LogP contribution in [0.4, 0.5) is 0 Å². The van der Waals surface area contributed by atoms with Crippen LogP contribution in [-0.2, 0) is 11.8 Å². The zero-order valence-electron chi connectivity index (χ0n) is 23.0. The lowest BCUT2D eigenvalue weighted by Gasteiger charge is -2.27. The topological polar surface area (TPSA) is 252 Å². The maximum absolute atomic E-state index is 13.6. The minimum Gasteiger partial charge on any atom is -0.510 e. The van der Waals surface area contributed by atoms with E-state index < -0.39 is 101 Å². The molecule has 14 heteroatoms. The van der Waals surface area contributed by atoms with Gasteiger partial charge in [0.05, 0.1) is 45.2 Å². The van der Waals surface area contributed by atoms with E-state index >= 15 is 0 Å². The standard InChI is InChI=1S/C30H25NO13/c1-8(32)20(34)26(40)21(35)11-6-10-5-9-3-4-30(19(9)25(39)14(10)29(43)31-11)27(41)17-18(28(30)42)24(38)16-15(23(17)37)12(33)7-13(44-2)22(16)36/h5-8,20-21,26,32,34-35,39-42H,3-4H2,1-2H3,(H,31,43). The summed E-state index contributed by atoms with van der Waals surface area (Å²) in [6.07, 6.45) is -7.09. The van der Waals surface area contributed by atoms with Gasteiger partial charge >= 0.3 is 0 Å². The summed E-state index contributed by atoms with van der Waals surface area (Å²) in [5.74, 6) is -2.92. The van der Waals surface area contributed by atoms with Crippen molar-refractivity contribution in [1.29, 1.82) is 0 Å². The molecular formula is C30H25NO13. The van der Waals surface area contributed by atoms with Crippen molar-refractivity contribution in [3.8, 4) is 11.5 Å². The van der Waals surface area contributed by atoms with Crippen LogP contribution in [0.3, 0.4) is 0 Å². The smallest absolute Gasteiger partial charge is 0.259 e. The van der Waals surface area contributed by atoms with Gasteiger partial charge in [-0.1, -0.05) is 6.07 Å². The largest absolute Gasteiger partial charge is 0.510 e. The number of methoxy groups -OCH3 is 1. The molecule has 0 aliphatic heterocycles. The molecule has 0 amide bonds. The van der Waals surface area contributed by atoms with E-state index in [4.69, 9.17) is 4.74 Å². The van der Waals surface area contributed by atoms with Gasteiger partial charge in [0.1, 0.15) is 41.0 Å². The number of rotatable bonds is 5. The number of hydrogen-bond donors (Lipinski definition) is 8. The molecule has 1 aromatic heterocycles. The Morgan fingerprint density at radius 2 is 1.43 bits per heavy atom. The van der Waals surface area contributed by atoms with Gasteiger partial charge in [0.15, 0.2) is 11.2 Å². The molecule has 0 bridgehead atoms. The SMILES string of the molecule is COc1cc(=O)c2c(=O)c3c(c(=O)c=2c1=O)=C(O)C1(CCc2cc4cc(C(O)C(O)C(O)C(C)O)[nH]c(=O)c4c(O)c21)C=3O. The number of aliphatic hydroxyl groups is 6. The number of aromatic amines is 1. The first-order valence-corrected chi connectivity index (χ1v) is 13.4. The van der Waals surface area contributed by atoms with E-state index in [9.17, 15) is 59.7 Å². The van der Waals surface area contributed by atoms with E-state index in [1.807, 2.05) is 0 Å². The minimum atomic E-state index is -2.08. The molecule has 14 nitrogen and oxygen atoms in total. The van der Waals surface area contributed by atoms with Crippen molar-refractivity contribution in [1.82, 2.24) is 4.98 Å². The summed E-state index contributed by atoms with van der Waals surface area (Å²) in [7, 11) is 1.09. The second-order valence-electron chi connectivity index (χ2n) is 11.1. The van der Waals surface area contributed by atoms with E-state index in [0.29, 0.717) is 0 Å². The Hall–Kier alpha value is -4.89. The molecule has 44 heavy (non-hydrogen) atoms. The molecule has 1 aromatic carbocycles. The summed E-state index contributed by atoms with van der Waals surface area (Å²) >= 11 is 0. The van der Waals surface area contributed by atoms with Crippen LogP contribution >= 0.6 is 0 Å². The summed E-state index contributed by atoms with van der Waals surface area (Å²) in [6.45, 7) is 1.19. The van der Waals surface area contributed by atoms with Crippen LogP contribution in [0.25, 0.3) is 22.3 Å². The second kappa shape index (κ2) is 9.56. The molecule has 1 spiro atoms. The van der Waals surface area contributed by atoms with Crippen LogP contribution in [0.1, 0.15) is 36.3 Å². The highest BCUT2D eigenvalue weighted by atomic mass is 16.5. The Morgan fingerprint density at radius 1 is 0.818 bits per heavy atom. The zero-order chi connectivity index (χ0) is 32.2. The van der Waals surface area contributed by atoms with Gasteiger partial charge in [0, 0.05) is 11.6 Å². The Balaban J connectivity index is 1.65. The van der Waals surface area contributed by atoms with Crippen molar-refractivity contribution >= 4 is 22.3 Å². The lowest BCUT2D eigenvalue weighted by molar-refractivity contribution is -0.102. The fraction of sp³-hybridized carbons (Fsp3) is 0.300. The highest BCUT2D eigenvalue weighted by molar-refractivity contribution is 5.94. The average Bonchev–Trinajstić information content (AvgIpc) is 3.47. The highest BCUT2D eigenvalue weighted by Crippen LogP contribution is 2.54. The molecule has 4 aliphatic carbocycles. The van der Waals surface area contributed by atoms with Crippen LogP contribution in [0, 0.1) is 10.4 Å². The third kappa shape index (κ3) is 3.53. The lowest BCUT2D eigenvalue weighted by Crippen LogP contribution is -2.51. The fourth-order valence-electron chi connectivity index (χ4n) is 6.58. The molecule has 5 atom stereocenters. The summed E-state index contributed by atoms with van der Waals surface area (Å²) in [4.78, 5) is 68.3. The van der Waals surface area contributed by atoms with Crippen molar-refractivity contribution in [3.63, 3.8) is 0 Å². The Morgan fingerprint density at radius 3 is 2.02 bits per heavy atom. The first kappa shape index (κ1) is 29.2. The van der Waals surface area contributed by atoms with Crippen LogP contribution in [0.15, 0.2) is 42.2 Å². The van der Waals surface area contributed by atoms with Crippen molar-refractivity contribution < 1.29 is 40.5 Å². The van der Waals surface area contributed by atoms with Crippen molar-refractivity contribution in [2.24, 2.45) is 0 Å². The molecule has 1 heterocycles. The van der Waals surface area contributed by atoms with E-state index in [2.05, 4.69) is 4.98 Å². The van der Waals surface area contributed by atoms with Crippen LogP contribution in [0.2, 0.25) is 0 Å². The van der Waals surface area contributed by atoms with Crippen molar-refractivity contribution in [2.75, 3.05) is 7.11 Å². The summed E-state index contributed by atoms with van der Waals surface area (Å²) < 4.78 is 4.87. The van der Waals surface area contributed by atoms with Crippen LogP contribution < -0.4 is 42.4 Å². The lowest BCUT2D eigenvalue weighted by atomic mass is 9.78. The minimum absolute atomic E-state index is 0.0321. The number of phenols is 1. The van der Waals surface area contributed by atoms with E-state index in [1.54, 1.807) is 0 Å². The number of fused-ring (bicyclic) bond motifs is 4. The number of nitrogens with one attached hydrogen (secondary N) is 1. The molecule has 2 aromatic rings. The van der Waals surface area contributed by atoms with Crippen LogP contribution in [0.5, 0.6) is 11.5 Å². The second-order valence-corrected chi connectivity index (χ2v) is 11.1. The van der Waals surface area contributed by atoms with Gasteiger partial charge in [-0.05, 0) is 36.8 Å². The molecule has 0 saturated heterocycles. The number of pyridine rings is 1. The van der Waals surface area contributed by atoms with Gasteiger partial charge in [-0.3, -0.25) is 24.0 Å². The number of aromatic nitrogens is 1. The van der Waals surface area contributed by atoms with Crippen molar-refractivity contribution in [3.05, 3.63) is 107 Å². The quantitative estimate of drug-likeness (QED) is 0.111. The predicted molar refractivity (Wildman–Crippen MR) is 152 cm³/mol. The number of aliphatic hydroxyl groups excluding tert-OH is 6. The highest BCUT2D eigenvalue weighted by Gasteiger charge is 2.53. The molecule has 8 N–H and O–H groups in total. The van der Waals surface area contributed by atoms with Gasteiger partial charge in [0.25, 0.3) is 5.56 Å². The first-order valence-electron chi connectivity index (χ1n) is 13.4. The summed E-state index contributed by atoms with van der Waals surface area (Å²) in [5, 5.41) is 71.5. The maximum atomic E-state index is 13.6. The number of H-pyrrole nitrogens is 1. The predicted octanol–water partition coefficient (Wildman–Crippen LogP) is -3.35. The third-order valence-corrected chi connectivity index (χ3v) is 8.76. The molecule has 5 unspecified atom stereocenters. The molecule has 0 fully saturated rings. The Kier molecular flexibility index (Phi) is 6.34. The Bertz CT molecular complexity index is 2410. The zero-order valence-corrected chi connectivity index (χ0v) is 23.0. The molecule has 228 valence electrons. The van der Waals surface area contributed by atoms with E-state index in [0.717, 1.165) is 13.2 Å². The monoisotopic (exact) mass is 607 g/mol.